The maximum atomic E-state index is 11.6. The Balaban J connectivity index is 2.45. The number of carbonyl (C=O) groups is 2. The van der Waals surface area contributed by atoms with E-state index in [0.29, 0.717) is 12.5 Å². The molecule has 6 nitrogen and oxygen atoms in total. The minimum Gasteiger partial charge on any atom is -0.480 e. The molecular formula is C9H17N3O3. The number of nitrogens with zero attached hydrogens (tertiary/aromatic N) is 2. The predicted octanol–water partition coefficient (Wildman–Crippen LogP) is -0.0308. The summed E-state index contributed by atoms with van der Waals surface area (Å²) in [7, 11) is 3.38. The molecule has 1 fully saturated rings. The molecule has 0 radical (unpaired) electrons. The van der Waals surface area contributed by atoms with Crippen LogP contribution in [0.5, 0.6) is 0 Å². The van der Waals surface area contributed by atoms with Gasteiger partial charge in [-0.3, -0.25) is 10.2 Å². The molecule has 6 heteroatoms. The molecule has 0 atom stereocenters. The van der Waals surface area contributed by atoms with Crippen molar-refractivity contribution < 1.29 is 14.7 Å². The molecule has 1 rings (SSSR count). The Morgan fingerprint density at radius 2 is 2.00 bits per heavy atom. The van der Waals surface area contributed by atoms with Gasteiger partial charge in [0.05, 0.1) is 0 Å². The number of rotatable bonds is 5. The summed E-state index contributed by atoms with van der Waals surface area (Å²) in [6.07, 6.45) is 2.18. The molecule has 0 saturated heterocycles. The SMILES string of the molecule is CN(C)NC(=O)N(CC(=O)O)CC1CC1. The zero-order valence-electron chi connectivity index (χ0n) is 9.06. The van der Waals surface area contributed by atoms with E-state index in [2.05, 4.69) is 5.43 Å². The summed E-state index contributed by atoms with van der Waals surface area (Å²) in [6.45, 7) is 0.294. The normalized spacial score (nSPS) is 15.1. The Morgan fingerprint density at radius 1 is 1.40 bits per heavy atom. The van der Waals surface area contributed by atoms with Crippen LogP contribution in [0.3, 0.4) is 0 Å². The van der Waals surface area contributed by atoms with Crippen molar-refractivity contribution in [3.05, 3.63) is 0 Å². The lowest BCUT2D eigenvalue weighted by Gasteiger charge is -2.23. The highest BCUT2D eigenvalue weighted by atomic mass is 16.4. The summed E-state index contributed by atoms with van der Waals surface area (Å²) in [4.78, 5) is 23.5. The lowest BCUT2D eigenvalue weighted by molar-refractivity contribution is -0.137. The van der Waals surface area contributed by atoms with Crippen LogP contribution in [0.2, 0.25) is 0 Å². The van der Waals surface area contributed by atoms with Gasteiger partial charge in [-0.05, 0) is 18.8 Å². The number of nitrogens with one attached hydrogen (secondary N) is 1. The molecule has 15 heavy (non-hydrogen) atoms. The fourth-order valence-corrected chi connectivity index (χ4v) is 1.26. The lowest BCUT2D eigenvalue weighted by atomic mass is 10.4. The number of urea groups is 1. The van der Waals surface area contributed by atoms with Crippen LogP contribution in [0.4, 0.5) is 4.79 Å². The van der Waals surface area contributed by atoms with Crippen molar-refractivity contribution in [1.82, 2.24) is 15.3 Å². The third-order valence-electron chi connectivity index (χ3n) is 2.11. The molecule has 0 spiro atoms. The van der Waals surface area contributed by atoms with E-state index >= 15 is 0 Å². The monoisotopic (exact) mass is 215 g/mol. The first-order valence-corrected chi connectivity index (χ1v) is 4.93. The van der Waals surface area contributed by atoms with Gasteiger partial charge in [0, 0.05) is 20.6 Å². The number of hydrogen-bond acceptors (Lipinski definition) is 3. The Morgan fingerprint density at radius 3 is 2.40 bits per heavy atom. The first kappa shape index (κ1) is 11.8. The van der Waals surface area contributed by atoms with Crippen molar-refractivity contribution in [2.45, 2.75) is 12.8 Å². The highest BCUT2D eigenvalue weighted by molar-refractivity contribution is 5.79. The van der Waals surface area contributed by atoms with Crippen LogP contribution in [0.25, 0.3) is 0 Å². The standard InChI is InChI=1S/C9H17N3O3/c1-11(2)10-9(15)12(6-8(13)14)5-7-3-4-7/h7H,3-6H2,1-2H3,(H,10,15)(H,13,14). The second kappa shape index (κ2) is 4.97. The molecule has 1 aliphatic carbocycles. The molecule has 86 valence electrons. The Kier molecular flexibility index (Phi) is 3.90. The molecule has 0 heterocycles. The maximum absolute atomic E-state index is 11.6. The Labute approximate surface area is 88.8 Å². The molecule has 0 bridgehead atoms. The molecule has 2 amide bonds. The molecule has 0 aromatic heterocycles. The van der Waals surface area contributed by atoms with E-state index in [1.165, 1.54) is 9.91 Å². The zero-order valence-corrected chi connectivity index (χ0v) is 9.06. The van der Waals surface area contributed by atoms with Gasteiger partial charge in [-0.1, -0.05) is 0 Å². The van der Waals surface area contributed by atoms with Crippen LogP contribution in [0.15, 0.2) is 0 Å². The molecule has 2 N–H and O–H groups in total. The van der Waals surface area contributed by atoms with Gasteiger partial charge in [-0.25, -0.2) is 9.80 Å². The second-order valence-corrected chi connectivity index (χ2v) is 4.03. The topological polar surface area (TPSA) is 72.9 Å². The number of aliphatic carboxylic acids is 1. The van der Waals surface area contributed by atoms with Crippen LogP contribution in [-0.2, 0) is 4.79 Å². The van der Waals surface area contributed by atoms with Gasteiger partial charge < -0.3 is 10.0 Å². The van der Waals surface area contributed by atoms with E-state index in [4.69, 9.17) is 5.11 Å². The smallest absolute Gasteiger partial charge is 0.332 e. The van der Waals surface area contributed by atoms with E-state index in [9.17, 15) is 9.59 Å². The van der Waals surface area contributed by atoms with Crippen molar-refractivity contribution in [2.24, 2.45) is 5.92 Å². The number of carboxylic acids is 1. The van der Waals surface area contributed by atoms with E-state index < -0.39 is 5.97 Å². The maximum Gasteiger partial charge on any atom is 0.332 e. The summed E-state index contributed by atoms with van der Waals surface area (Å²) in [5.74, 6) is -0.498. The van der Waals surface area contributed by atoms with Crippen molar-refractivity contribution in [3.63, 3.8) is 0 Å². The summed E-state index contributed by atoms with van der Waals surface area (Å²) < 4.78 is 0. The fraction of sp³-hybridized carbons (Fsp3) is 0.778. The van der Waals surface area contributed by atoms with Crippen LogP contribution in [0.1, 0.15) is 12.8 Å². The minimum atomic E-state index is -0.982. The van der Waals surface area contributed by atoms with Crippen LogP contribution >= 0.6 is 0 Å². The summed E-state index contributed by atoms with van der Waals surface area (Å²) in [5.41, 5.74) is 2.54. The first-order valence-electron chi connectivity index (χ1n) is 4.93. The van der Waals surface area contributed by atoms with Gasteiger partial charge in [0.1, 0.15) is 6.54 Å². The molecule has 0 aromatic carbocycles. The molecule has 0 aliphatic heterocycles. The van der Waals surface area contributed by atoms with Gasteiger partial charge >= 0.3 is 12.0 Å². The number of carbonyl (C=O) groups excluding carboxylic acids is 1. The minimum absolute atomic E-state index is 0.240. The Bertz CT molecular complexity index is 251. The average molecular weight is 215 g/mol. The molecule has 0 aromatic rings. The quantitative estimate of drug-likeness (QED) is 0.632. The highest BCUT2D eigenvalue weighted by Gasteiger charge is 2.27. The number of amides is 2. The third-order valence-corrected chi connectivity index (χ3v) is 2.11. The second-order valence-electron chi connectivity index (χ2n) is 4.03. The fourth-order valence-electron chi connectivity index (χ4n) is 1.26. The molecular weight excluding hydrogens is 198 g/mol. The predicted molar refractivity (Wildman–Crippen MR) is 54.2 cm³/mol. The zero-order chi connectivity index (χ0) is 11.4. The summed E-state index contributed by atoms with van der Waals surface area (Å²) >= 11 is 0. The number of hydrazine groups is 1. The third kappa shape index (κ3) is 4.64. The van der Waals surface area contributed by atoms with E-state index in [0.717, 1.165) is 12.8 Å². The van der Waals surface area contributed by atoms with Crippen LogP contribution in [-0.4, -0.2) is 54.2 Å². The highest BCUT2D eigenvalue weighted by Crippen LogP contribution is 2.29. The number of carboxylic acid groups (broad SMARTS) is 1. The van der Waals surface area contributed by atoms with Gasteiger partial charge in [0.25, 0.3) is 0 Å². The van der Waals surface area contributed by atoms with E-state index in [1.807, 2.05) is 0 Å². The van der Waals surface area contributed by atoms with E-state index in [1.54, 1.807) is 14.1 Å². The van der Waals surface area contributed by atoms with Gasteiger partial charge in [0.15, 0.2) is 0 Å². The van der Waals surface area contributed by atoms with Gasteiger partial charge in [-0.15, -0.1) is 0 Å². The lowest BCUT2D eigenvalue weighted by Crippen LogP contribution is -2.48. The summed E-state index contributed by atoms with van der Waals surface area (Å²) in [6, 6.07) is -0.352. The molecule has 0 unspecified atom stereocenters. The van der Waals surface area contributed by atoms with Gasteiger partial charge in [0.2, 0.25) is 0 Å². The van der Waals surface area contributed by atoms with E-state index in [-0.39, 0.29) is 12.6 Å². The largest absolute Gasteiger partial charge is 0.480 e. The first-order chi connectivity index (χ1) is 6.99. The Hall–Kier alpha value is -1.30. The average Bonchev–Trinajstić information content (AvgIpc) is 2.84. The molecule has 1 aliphatic rings. The van der Waals surface area contributed by atoms with Crippen molar-refractivity contribution >= 4 is 12.0 Å². The van der Waals surface area contributed by atoms with Crippen molar-refractivity contribution in [3.8, 4) is 0 Å². The van der Waals surface area contributed by atoms with Crippen molar-refractivity contribution in [2.75, 3.05) is 27.2 Å². The number of hydrogen-bond donors (Lipinski definition) is 2. The molecule has 1 saturated carbocycles. The van der Waals surface area contributed by atoms with Gasteiger partial charge in [-0.2, -0.15) is 0 Å². The van der Waals surface area contributed by atoms with Crippen LogP contribution < -0.4 is 5.43 Å². The van der Waals surface area contributed by atoms with Crippen LogP contribution in [0, 0.1) is 5.92 Å². The van der Waals surface area contributed by atoms with Crippen molar-refractivity contribution in [1.29, 1.82) is 0 Å². The summed E-state index contributed by atoms with van der Waals surface area (Å²) in [5, 5.41) is 10.2.